The Morgan fingerprint density at radius 1 is 1.56 bits per heavy atom. The Bertz CT molecular complexity index is 120. The minimum absolute atomic E-state index is 0.293. The summed E-state index contributed by atoms with van der Waals surface area (Å²) in [5.41, 5.74) is 10.5. The molecule has 0 aliphatic heterocycles. The van der Waals surface area contributed by atoms with E-state index in [1.54, 1.807) is 14.1 Å². The third-order valence-corrected chi connectivity index (χ3v) is 0.773. The predicted molar refractivity (Wildman–Crippen MR) is 36.8 cm³/mol. The molecule has 0 unspecified atom stereocenters. The molecular weight excluding hydrogens is 118 g/mol. The number of aliphatic imine (C=N–C) groups is 1. The maximum Gasteiger partial charge on any atom is 0.348 e. The second kappa shape index (κ2) is 3.71. The molecule has 0 radical (unpaired) electrons. The highest BCUT2D eigenvalue weighted by Crippen LogP contribution is 1.51. The highest BCUT2D eigenvalue weighted by molar-refractivity contribution is 5.94. The van der Waals surface area contributed by atoms with Gasteiger partial charge in [0.1, 0.15) is 0 Å². The zero-order valence-corrected chi connectivity index (χ0v) is 5.60. The van der Waals surface area contributed by atoms with Gasteiger partial charge in [-0.3, -0.25) is 10.7 Å². The fraction of sp³-hybridized carbons (Fsp3) is 0.500. The molecule has 0 aliphatic rings. The van der Waals surface area contributed by atoms with E-state index < -0.39 is 0 Å². The van der Waals surface area contributed by atoms with Gasteiger partial charge in [-0.15, -0.1) is 0 Å². The van der Waals surface area contributed by atoms with Crippen LogP contribution >= 0.6 is 0 Å². The van der Waals surface area contributed by atoms with Crippen molar-refractivity contribution in [3.8, 4) is 0 Å². The summed E-state index contributed by atoms with van der Waals surface area (Å²) in [4.78, 5) is 6.27. The molecule has 0 aromatic heterocycles. The minimum atomic E-state index is 0.293. The molecule has 5 heteroatoms. The van der Waals surface area contributed by atoms with Gasteiger partial charge in [0.2, 0.25) is 0 Å². The van der Waals surface area contributed by atoms with Crippen LogP contribution in [0.15, 0.2) is 4.99 Å². The van der Waals surface area contributed by atoms with Gasteiger partial charge in [-0.1, -0.05) is 0 Å². The first-order chi connectivity index (χ1) is 4.20. The van der Waals surface area contributed by atoms with Gasteiger partial charge in [0.25, 0.3) is 5.96 Å². The third kappa shape index (κ3) is 3.33. The molecule has 0 atom stereocenters. The number of nitrogens with two attached hydrogens (primary N) is 2. The van der Waals surface area contributed by atoms with E-state index in [9.17, 15) is 0 Å². The molecule has 5 nitrogen and oxygen atoms in total. The lowest BCUT2D eigenvalue weighted by Gasteiger charge is -1.92. The number of rotatable bonds is 0. The lowest BCUT2D eigenvalue weighted by Crippen LogP contribution is -2.75. The van der Waals surface area contributed by atoms with Crippen LogP contribution in [0.1, 0.15) is 0 Å². The molecule has 0 aromatic rings. The largest absolute Gasteiger partial charge is 0.357 e. The van der Waals surface area contributed by atoms with E-state index in [4.69, 9.17) is 11.5 Å². The van der Waals surface area contributed by atoms with Crippen LogP contribution in [0.3, 0.4) is 0 Å². The zero-order valence-electron chi connectivity index (χ0n) is 5.60. The van der Waals surface area contributed by atoms with Crippen molar-refractivity contribution in [2.75, 3.05) is 14.1 Å². The Hall–Kier alpha value is -1.26. The van der Waals surface area contributed by atoms with E-state index in [2.05, 4.69) is 15.3 Å². The normalized spacial score (nSPS) is 13.6. The molecule has 9 heavy (non-hydrogen) atoms. The van der Waals surface area contributed by atoms with Crippen LogP contribution in [0.4, 0.5) is 0 Å². The van der Waals surface area contributed by atoms with Crippen molar-refractivity contribution in [2.24, 2.45) is 16.5 Å². The van der Waals surface area contributed by atoms with Crippen molar-refractivity contribution in [3.05, 3.63) is 0 Å². The first-order valence-corrected chi connectivity index (χ1v) is 2.50. The first kappa shape index (κ1) is 7.74. The van der Waals surface area contributed by atoms with Crippen LogP contribution in [0.25, 0.3) is 0 Å². The number of hydrogen-bond acceptors (Lipinski definition) is 1. The molecule has 0 rings (SSSR count). The van der Waals surface area contributed by atoms with Gasteiger partial charge in [0.05, 0.1) is 7.05 Å². The minimum Gasteiger partial charge on any atom is -0.357 e. The molecule has 0 amide bonds. The van der Waals surface area contributed by atoms with Gasteiger partial charge in [-0.25, -0.2) is 10.3 Å². The van der Waals surface area contributed by atoms with Gasteiger partial charge in [-0.05, 0) is 0 Å². The van der Waals surface area contributed by atoms with Crippen LogP contribution < -0.4 is 21.8 Å². The van der Waals surface area contributed by atoms with Gasteiger partial charge in [-0.2, -0.15) is 0 Å². The Morgan fingerprint density at radius 2 is 2.11 bits per heavy atom. The summed E-state index contributed by atoms with van der Waals surface area (Å²) in [6.07, 6.45) is 0. The SMILES string of the molecule is CN=C(N)NC(N)=[NH+]C. The lowest BCUT2D eigenvalue weighted by atomic mass is 10.8. The molecule has 0 saturated carbocycles. The first-order valence-electron chi connectivity index (χ1n) is 2.50. The standard InChI is InChI=1S/C4H11N5/c1-7-3(5)9-4(6)8-2/h1-2H3,(H5,5,6,7,8,9)/p+1. The molecule has 0 saturated heterocycles. The van der Waals surface area contributed by atoms with Crippen LogP contribution in [0.2, 0.25) is 0 Å². The maximum atomic E-state index is 5.28. The molecule has 0 fully saturated rings. The number of nitrogens with zero attached hydrogens (tertiary/aromatic N) is 1. The Morgan fingerprint density at radius 3 is 2.44 bits per heavy atom. The fourth-order valence-corrected chi connectivity index (χ4v) is 0.256. The zero-order chi connectivity index (χ0) is 7.28. The molecule has 0 spiro atoms. The number of hydrogen-bond donors (Lipinski definition) is 4. The highest BCUT2D eigenvalue weighted by atomic mass is 15.2. The highest BCUT2D eigenvalue weighted by Gasteiger charge is 1.96. The van der Waals surface area contributed by atoms with Gasteiger partial charge in [0.15, 0.2) is 0 Å². The second-order valence-electron chi connectivity index (χ2n) is 1.40. The summed E-state index contributed by atoms with van der Waals surface area (Å²) in [6, 6.07) is 0. The van der Waals surface area contributed by atoms with Gasteiger partial charge in [0, 0.05) is 7.05 Å². The van der Waals surface area contributed by atoms with Crippen molar-refractivity contribution < 1.29 is 4.99 Å². The number of nitrogens with one attached hydrogen (secondary N) is 2. The molecule has 0 aromatic carbocycles. The molecule has 0 aliphatic carbocycles. The third-order valence-electron chi connectivity index (χ3n) is 0.773. The Kier molecular flexibility index (Phi) is 3.19. The quantitative estimate of drug-likeness (QED) is 0.203. The van der Waals surface area contributed by atoms with Crippen LogP contribution in [0, 0.1) is 0 Å². The van der Waals surface area contributed by atoms with E-state index >= 15 is 0 Å². The van der Waals surface area contributed by atoms with Gasteiger partial charge < -0.3 is 5.73 Å². The van der Waals surface area contributed by atoms with Crippen LogP contribution in [-0.2, 0) is 0 Å². The van der Waals surface area contributed by atoms with E-state index in [0.29, 0.717) is 11.9 Å². The second-order valence-corrected chi connectivity index (χ2v) is 1.40. The average molecular weight is 130 g/mol. The summed E-state index contributed by atoms with van der Waals surface area (Å²) >= 11 is 0. The van der Waals surface area contributed by atoms with Crippen molar-refractivity contribution in [1.82, 2.24) is 5.32 Å². The van der Waals surface area contributed by atoms with E-state index in [1.807, 2.05) is 0 Å². The van der Waals surface area contributed by atoms with Crippen molar-refractivity contribution in [1.29, 1.82) is 0 Å². The Labute approximate surface area is 53.9 Å². The monoisotopic (exact) mass is 130 g/mol. The molecular formula is C4H12N5+. The Balaban J connectivity index is 3.75. The number of guanidine groups is 2. The van der Waals surface area contributed by atoms with Crippen molar-refractivity contribution in [3.63, 3.8) is 0 Å². The lowest BCUT2D eigenvalue weighted by molar-refractivity contribution is -0.422. The summed E-state index contributed by atoms with van der Waals surface area (Å²) < 4.78 is 0. The smallest absolute Gasteiger partial charge is 0.348 e. The molecule has 0 bridgehead atoms. The predicted octanol–water partition coefficient (Wildman–Crippen LogP) is -3.45. The summed E-state index contributed by atoms with van der Waals surface area (Å²) in [5, 5.41) is 2.59. The molecule has 6 N–H and O–H groups in total. The van der Waals surface area contributed by atoms with E-state index in [-0.39, 0.29) is 0 Å². The fourth-order valence-electron chi connectivity index (χ4n) is 0.256. The average Bonchev–Trinajstić information content (AvgIpc) is 1.87. The summed E-state index contributed by atoms with van der Waals surface area (Å²) in [6.45, 7) is 0. The molecule has 52 valence electrons. The summed E-state index contributed by atoms with van der Waals surface area (Å²) in [7, 11) is 3.26. The van der Waals surface area contributed by atoms with Crippen LogP contribution in [0.5, 0.6) is 0 Å². The van der Waals surface area contributed by atoms with Gasteiger partial charge >= 0.3 is 5.96 Å². The van der Waals surface area contributed by atoms with E-state index in [1.165, 1.54) is 0 Å². The van der Waals surface area contributed by atoms with Crippen molar-refractivity contribution >= 4 is 11.9 Å². The van der Waals surface area contributed by atoms with Crippen molar-refractivity contribution in [2.45, 2.75) is 0 Å². The maximum absolute atomic E-state index is 5.28. The summed E-state index contributed by atoms with van der Waals surface area (Å²) in [5.74, 6) is 0.681. The molecule has 0 heterocycles. The van der Waals surface area contributed by atoms with Crippen LogP contribution in [-0.4, -0.2) is 26.0 Å². The van der Waals surface area contributed by atoms with E-state index in [0.717, 1.165) is 0 Å². The topological polar surface area (TPSA) is 90.4 Å².